The Morgan fingerprint density at radius 3 is 1.46 bits per heavy atom. The van der Waals surface area contributed by atoms with E-state index in [0.717, 1.165) is 18.2 Å². The topological polar surface area (TPSA) is 138 Å². The molecule has 0 amide bonds. The molecule has 0 aromatic heterocycles. The molecule has 0 aliphatic heterocycles. The van der Waals surface area contributed by atoms with Gasteiger partial charge in [0.15, 0.2) is 0 Å². The highest BCUT2D eigenvalue weighted by Crippen LogP contribution is 2.19. The lowest BCUT2D eigenvalue weighted by Gasteiger charge is -2.07. The van der Waals surface area contributed by atoms with Gasteiger partial charge in [-0.3, -0.25) is 0 Å². The molecule has 0 radical (unpaired) electrons. The number of rotatable bonds is 5. The Hall–Kier alpha value is -3.68. The van der Waals surface area contributed by atoms with Crippen LogP contribution in [-0.4, -0.2) is 39.2 Å². The fraction of sp³-hybridized carbons (Fsp3) is 0. The number of hydrogen-bond donors (Lipinski definition) is 3. The highest BCUT2D eigenvalue weighted by molar-refractivity contribution is 5.96. The minimum absolute atomic E-state index is 0.0208. The fourth-order valence-electron chi connectivity index (χ4n) is 1.82. The van der Waals surface area contributed by atoms with Gasteiger partial charge < -0.3 is 20.1 Å². The first kappa shape index (κ1) is 16.7. The second kappa shape index (κ2) is 6.61. The number of hydrogen-bond acceptors (Lipinski definition) is 5. The third kappa shape index (κ3) is 3.74. The van der Waals surface area contributed by atoms with E-state index in [0.29, 0.717) is 0 Å². The van der Waals surface area contributed by atoms with Crippen molar-refractivity contribution in [1.29, 1.82) is 0 Å². The van der Waals surface area contributed by atoms with Crippen molar-refractivity contribution in [2.45, 2.75) is 0 Å². The number of benzene rings is 2. The first-order valence-corrected chi connectivity index (χ1v) is 6.45. The van der Waals surface area contributed by atoms with Crippen molar-refractivity contribution < 1.29 is 39.2 Å². The summed E-state index contributed by atoms with van der Waals surface area (Å²) in [7, 11) is 0. The molecule has 8 heteroatoms. The summed E-state index contributed by atoms with van der Waals surface area (Å²) in [4.78, 5) is 44.7. The number of carbonyl (C=O) groups excluding carboxylic acids is 1. The molecule has 0 unspecified atom stereocenters. The Kier molecular flexibility index (Phi) is 4.60. The zero-order valence-corrected chi connectivity index (χ0v) is 11.9. The summed E-state index contributed by atoms with van der Waals surface area (Å²) in [6.07, 6.45) is 0. The van der Waals surface area contributed by atoms with Gasteiger partial charge in [0.25, 0.3) is 0 Å². The SMILES string of the molecule is O=C(O)c1ccc(C(=O)Oc2cc(C(=O)O)cc(C(=O)O)c2)cc1. The van der Waals surface area contributed by atoms with E-state index in [9.17, 15) is 19.2 Å². The van der Waals surface area contributed by atoms with Gasteiger partial charge in [0.05, 0.1) is 22.3 Å². The number of esters is 1. The Labute approximate surface area is 134 Å². The van der Waals surface area contributed by atoms with E-state index in [2.05, 4.69) is 0 Å². The van der Waals surface area contributed by atoms with Crippen LogP contribution in [0.15, 0.2) is 42.5 Å². The number of ether oxygens (including phenoxy) is 1. The smallest absolute Gasteiger partial charge is 0.343 e. The number of carboxylic acid groups (broad SMARTS) is 3. The summed E-state index contributed by atoms with van der Waals surface area (Å²) < 4.78 is 4.97. The first-order chi connectivity index (χ1) is 11.3. The Morgan fingerprint density at radius 2 is 1.04 bits per heavy atom. The highest BCUT2D eigenvalue weighted by atomic mass is 16.5. The van der Waals surface area contributed by atoms with Gasteiger partial charge in [-0.15, -0.1) is 0 Å². The minimum atomic E-state index is -1.37. The van der Waals surface area contributed by atoms with Crippen LogP contribution in [0.3, 0.4) is 0 Å². The van der Waals surface area contributed by atoms with Crippen molar-refractivity contribution in [2.75, 3.05) is 0 Å². The van der Waals surface area contributed by atoms with E-state index in [-0.39, 0.29) is 28.0 Å². The van der Waals surface area contributed by atoms with Gasteiger partial charge in [-0.2, -0.15) is 0 Å². The van der Waals surface area contributed by atoms with Crippen molar-refractivity contribution >= 4 is 23.9 Å². The molecule has 0 aliphatic rings. The summed E-state index contributed by atoms with van der Waals surface area (Å²) in [5.41, 5.74) is -0.692. The van der Waals surface area contributed by atoms with Gasteiger partial charge in [-0.05, 0) is 42.5 Å². The molecule has 3 N–H and O–H groups in total. The molecular weight excluding hydrogens is 320 g/mol. The predicted molar refractivity (Wildman–Crippen MR) is 78.7 cm³/mol. The monoisotopic (exact) mass is 330 g/mol. The molecule has 0 atom stereocenters. The van der Waals surface area contributed by atoms with Gasteiger partial charge >= 0.3 is 23.9 Å². The summed E-state index contributed by atoms with van der Waals surface area (Å²) >= 11 is 0. The van der Waals surface area contributed by atoms with Crippen LogP contribution in [0.25, 0.3) is 0 Å². The van der Waals surface area contributed by atoms with Crippen molar-refractivity contribution in [1.82, 2.24) is 0 Å². The largest absolute Gasteiger partial charge is 0.478 e. The van der Waals surface area contributed by atoms with Crippen LogP contribution in [-0.2, 0) is 0 Å². The summed E-state index contributed by atoms with van der Waals surface area (Å²) in [5, 5.41) is 26.7. The average Bonchev–Trinajstić information content (AvgIpc) is 2.54. The molecule has 24 heavy (non-hydrogen) atoms. The average molecular weight is 330 g/mol. The highest BCUT2D eigenvalue weighted by Gasteiger charge is 2.15. The Bertz CT molecular complexity index is 803. The number of carboxylic acids is 3. The van der Waals surface area contributed by atoms with E-state index in [1.165, 1.54) is 24.3 Å². The van der Waals surface area contributed by atoms with Crippen molar-refractivity contribution in [3.63, 3.8) is 0 Å². The molecular formula is C16H10O8. The van der Waals surface area contributed by atoms with Crippen LogP contribution in [0.2, 0.25) is 0 Å². The molecule has 0 bridgehead atoms. The molecule has 0 saturated heterocycles. The van der Waals surface area contributed by atoms with Gasteiger partial charge in [0.2, 0.25) is 0 Å². The van der Waals surface area contributed by atoms with Gasteiger partial charge in [0.1, 0.15) is 5.75 Å². The van der Waals surface area contributed by atoms with E-state index in [1.807, 2.05) is 0 Å². The van der Waals surface area contributed by atoms with Crippen LogP contribution in [0.1, 0.15) is 41.4 Å². The van der Waals surface area contributed by atoms with E-state index in [4.69, 9.17) is 20.1 Å². The Balaban J connectivity index is 2.29. The van der Waals surface area contributed by atoms with Crippen LogP contribution in [0.5, 0.6) is 5.75 Å². The molecule has 2 aromatic rings. The third-order valence-electron chi connectivity index (χ3n) is 2.98. The van der Waals surface area contributed by atoms with E-state index < -0.39 is 23.9 Å². The minimum Gasteiger partial charge on any atom is -0.478 e. The van der Waals surface area contributed by atoms with E-state index in [1.54, 1.807) is 0 Å². The van der Waals surface area contributed by atoms with Crippen molar-refractivity contribution in [2.24, 2.45) is 0 Å². The zero-order chi connectivity index (χ0) is 17.9. The molecule has 2 rings (SSSR count). The molecule has 0 heterocycles. The maximum absolute atomic E-state index is 12.0. The molecule has 122 valence electrons. The lowest BCUT2D eigenvalue weighted by Crippen LogP contribution is -2.11. The third-order valence-corrected chi connectivity index (χ3v) is 2.98. The zero-order valence-electron chi connectivity index (χ0n) is 11.9. The molecule has 8 nitrogen and oxygen atoms in total. The molecule has 0 aliphatic carbocycles. The summed E-state index contributed by atoms with van der Waals surface area (Å²) in [5.74, 6) is -5.04. The second-order valence-electron chi connectivity index (χ2n) is 4.63. The van der Waals surface area contributed by atoms with Gasteiger partial charge in [0, 0.05) is 0 Å². The predicted octanol–water partition coefficient (Wildman–Crippen LogP) is 2.00. The maximum atomic E-state index is 12.0. The van der Waals surface area contributed by atoms with Crippen molar-refractivity contribution in [3.8, 4) is 5.75 Å². The molecule has 2 aromatic carbocycles. The lowest BCUT2D eigenvalue weighted by molar-refractivity contribution is 0.0678. The molecule has 0 fully saturated rings. The molecule has 0 spiro atoms. The lowest BCUT2D eigenvalue weighted by atomic mass is 10.1. The second-order valence-corrected chi connectivity index (χ2v) is 4.63. The molecule has 0 saturated carbocycles. The normalized spacial score (nSPS) is 10.0. The number of carbonyl (C=O) groups is 4. The standard InChI is InChI=1S/C16H10O8/c17-13(18)8-1-3-9(4-2-8)16(23)24-12-6-10(14(19)20)5-11(7-12)15(21)22/h1-7H,(H,17,18)(H,19,20)(H,21,22). The van der Waals surface area contributed by atoms with Crippen LogP contribution in [0.4, 0.5) is 0 Å². The quantitative estimate of drug-likeness (QED) is 0.559. The van der Waals surface area contributed by atoms with E-state index >= 15 is 0 Å². The first-order valence-electron chi connectivity index (χ1n) is 6.45. The maximum Gasteiger partial charge on any atom is 0.343 e. The van der Waals surface area contributed by atoms with Crippen LogP contribution >= 0.6 is 0 Å². The van der Waals surface area contributed by atoms with Gasteiger partial charge in [-0.1, -0.05) is 0 Å². The number of aromatic carboxylic acids is 3. The van der Waals surface area contributed by atoms with Gasteiger partial charge in [-0.25, -0.2) is 19.2 Å². The fourth-order valence-corrected chi connectivity index (χ4v) is 1.82. The summed E-state index contributed by atoms with van der Waals surface area (Å²) in [6, 6.07) is 7.82. The summed E-state index contributed by atoms with van der Waals surface area (Å²) in [6.45, 7) is 0. The van der Waals surface area contributed by atoms with Crippen LogP contribution in [0, 0.1) is 0 Å². The Morgan fingerprint density at radius 1 is 0.625 bits per heavy atom. The van der Waals surface area contributed by atoms with Crippen molar-refractivity contribution in [3.05, 3.63) is 64.7 Å². The van der Waals surface area contributed by atoms with Crippen LogP contribution < -0.4 is 4.74 Å².